The molecule has 2 aromatic carbocycles. The third-order valence-electron chi connectivity index (χ3n) is 5.12. The average molecular weight is 426 g/mol. The SMILES string of the molecule is COc1cc(OC)cc(-c2nnc(SCC(=O)N3c4ccccc4CCC3C)o2)c1. The van der Waals surface area contributed by atoms with Crippen LogP contribution < -0.4 is 14.4 Å². The molecule has 156 valence electrons. The number of aromatic nitrogens is 2. The second kappa shape index (κ2) is 8.79. The Morgan fingerprint density at radius 2 is 1.90 bits per heavy atom. The number of fused-ring (bicyclic) bond motifs is 1. The van der Waals surface area contributed by atoms with Gasteiger partial charge in [0.25, 0.3) is 5.22 Å². The van der Waals surface area contributed by atoms with Crippen molar-refractivity contribution < 1.29 is 18.7 Å². The zero-order valence-electron chi connectivity index (χ0n) is 17.1. The number of benzene rings is 2. The normalized spacial score (nSPS) is 15.6. The van der Waals surface area contributed by atoms with Crippen LogP contribution in [0.25, 0.3) is 11.5 Å². The Hall–Kier alpha value is -3.00. The number of hydrogen-bond donors (Lipinski definition) is 0. The topological polar surface area (TPSA) is 77.7 Å². The lowest BCUT2D eigenvalue weighted by Crippen LogP contribution is -2.43. The van der Waals surface area contributed by atoms with E-state index in [-0.39, 0.29) is 17.7 Å². The first-order valence-corrected chi connectivity index (χ1v) is 10.7. The summed E-state index contributed by atoms with van der Waals surface area (Å²) in [5.41, 5.74) is 2.90. The highest BCUT2D eigenvalue weighted by Gasteiger charge is 2.28. The highest BCUT2D eigenvalue weighted by molar-refractivity contribution is 7.99. The van der Waals surface area contributed by atoms with Gasteiger partial charge in [0.2, 0.25) is 11.8 Å². The molecule has 0 saturated carbocycles. The highest BCUT2D eigenvalue weighted by Crippen LogP contribution is 2.33. The molecule has 1 amide bonds. The first-order chi connectivity index (χ1) is 14.6. The van der Waals surface area contributed by atoms with Gasteiger partial charge in [0.1, 0.15) is 11.5 Å². The second-order valence-corrected chi connectivity index (χ2v) is 7.97. The molecular formula is C22H23N3O4S. The number of hydrogen-bond acceptors (Lipinski definition) is 7. The fourth-order valence-electron chi connectivity index (χ4n) is 3.58. The first-order valence-electron chi connectivity index (χ1n) is 9.68. The van der Waals surface area contributed by atoms with Crippen molar-refractivity contribution in [3.63, 3.8) is 0 Å². The lowest BCUT2D eigenvalue weighted by atomic mass is 9.97. The minimum absolute atomic E-state index is 0.0300. The number of para-hydroxylation sites is 1. The van der Waals surface area contributed by atoms with Gasteiger partial charge in [-0.3, -0.25) is 4.79 Å². The molecule has 0 N–H and O–H groups in total. The molecule has 0 saturated heterocycles. The third-order valence-corrected chi connectivity index (χ3v) is 5.92. The molecule has 0 aliphatic carbocycles. The zero-order chi connectivity index (χ0) is 21.1. The Morgan fingerprint density at radius 3 is 2.63 bits per heavy atom. The maximum Gasteiger partial charge on any atom is 0.277 e. The number of methoxy groups -OCH3 is 2. The summed E-state index contributed by atoms with van der Waals surface area (Å²) >= 11 is 1.24. The maximum atomic E-state index is 13.0. The molecule has 1 aliphatic heterocycles. The standard InChI is InChI=1S/C22H23N3O4S/c1-14-8-9-15-6-4-5-7-19(15)25(14)20(26)13-30-22-24-23-21(29-22)16-10-17(27-2)12-18(11-16)28-3/h4-7,10-12,14H,8-9,13H2,1-3H3. The lowest BCUT2D eigenvalue weighted by Gasteiger charge is -2.35. The third kappa shape index (κ3) is 4.14. The predicted molar refractivity (Wildman–Crippen MR) is 115 cm³/mol. The fourth-order valence-corrected chi connectivity index (χ4v) is 4.20. The summed E-state index contributed by atoms with van der Waals surface area (Å²) in [6.45, 7) is 2.08. The molecule has 7 nitrogen and oxygen atoms in total. The molecule has 0 fully saturated rings. The largest absolute Gasteiger partial charge is 0.497 e. The molecule has 1 atom stereocenters. The van der Waals surface area contributed by atoms with E-state index in [9.17, 15) is 4.79 Å². The molecule has 2 heterocycles. The van der Waals surface area contributed by atoms with Crippen LogP contribution in [0.15, 0.2) is 52.1 Å². The summed E-state index contributed by atoms with van der Waals surface area (Å²) in [5, 5.41) is 8.53. The molecule has 3 aromatic rings. The molecular weight excluding hydrogens is 402 g/mol. The van der Waals surface area contributed by atoms with E-state index in [2.05, 4.69) is 23.2 Å². The Balaban J connectivity index is 1.47. The number of carbonyl (C=O) groups is 1. The van der Waals surface area contributed by atoms with Crippen LogP contribution in [-0.4, -0.2) is 42.1 Å². The molecule has 0 spiro atoms. The van der Waals surface area contributed by atoms with Crippen molar-refractivity contribution in [3.05, 3.63) is 48.0 Å². The minimum atomic E-state index is 0.0300. The Labute approximate surface area is 179 Å². The van der Waals surface area contributed by atoms with Gasteiger partial charge in [-0.2, -0.15) is 0 Å². The summed E-state index contributed by atoms with van der Waals surface area (Å²) in [6.07, 6.45) is 1.95. The Morgan fingerprint density at radius 1 is 1.17 bits per heavy atom. The van der Waals surface area contributed by atoms with Gasteiger partial charge in [-0.1, -0.05) is 30.0 Å². The van der Waals surface area contributed by atoms with Crippen LogP contribution in [-0.2, 0) is 11.2 Å². The number of nitrogens with zero attached hydrogens (tertiary/aromatic N) is 3. The van der Waals surface area contributed by atoms with Crippen LogP contribution in [0.2, 0.25) is 0 Å². The average Bonchev–Trinajstić information content (AvgIpc) is 3.26. The summed E-state index contributed by atoms with van der Waals surface area (Å²) in [4.78, 5) is 14.9. The van der Waals surface area contributed by atoms with Gasteiger partial charge in [0.15, 0.2) is 0 Å². The van der Waals surface area contributed by atoms with E-state index in [1.54, 1.807) is 32.4 Å². The van der Waals surface area contributed by atoms with Crippen LogP contribution >= 0.6 is 11.8 Å². The number of amides is 1. The van der Waals surface area contributed by atoms with E-state index in [4.69, 9.17) is 13.9 Å². The lowest BCUT2D eigenvalue weighted by molar-refractivity contribution is -0.116. The Kier molecular flexibility index (Phi) is 5.94. The molecule has 0 radical (unpaired) electrons. The summed E-state index contributed by atoms with van der Waals surface area (Å²) in [5.74, 6) is 1.86. The van der Waals surface area contributed by atoms with E-state index >= 15 is 0 Å². The van der Waals surface area contributed by atoms with Gasteiger partial charge in [-0.15, -0.1) is 10.2 Å². The Bertz CT molecular complexity index is 1030. The van der Waals surface area contributed by atoms with Crippen LogP contribution in [0.3, 0.4) is 0 Å². The molecule has 1 unspecified atom stereocenters. The van der Waals surface area contributed by atoms with Crippen molar-refractivity contribution in [1.82, 2.24) is 10.2 Å². The number of aryl methyl sites for hydroxylation is 1. The van der Waals surface area contributed by atoms with E-state index in [0.29, 0.717) is 28.2 Å². The molecule has 0 bridgehead atoms. The number of ether oxygens (including phenoxy) is 2. The first kappa shape index (κ1) is 20.3. The van der Waals surface area contributed by atoms with Crippen LogP contribution in [0.5, 0.6) is 11.5 Å². The number of thioether (sulfide) groups is 1. The van der Waals surface area contributed by atoms with Gasteiger partial charge < -0.3 is 18.8 Å². The smallest absolute Gasteiger partial charge is 0.277 e. The maximum absolute atomic E-state index is 13.0. The molecule has 8 heteroatoms. The van der Waals surface area contributed by atoms with Crippen LogP contribution in [0, 0.1) is 0 Å². The van der Waals surface area contributed by atoms with E-state index in [1.807, 2.05) is 23.1 Å². The summed E-state index contributed by atoms with van der Waals surface area (Å²) in [6, 6.07) is 13.6. The summed E-state index contributed by atoms with van der Waals surface area (Å²) in [7, 11) is 3.16. The van der Waals surface area contributed by atoms with Crippen molar-refractivity contribution in [2.45, 2.75) is 31.0 Å². The quantitative estimate of drug-likeness (QED) is 0.547. The van der Waals surface area contributed by atoms with Crippen molar-refractivity contribution in [2.75, 3.05) is 24.9 Å². The van der Waals surface area contributed by atoms with Crippen molar-refractivity contribution in [1.29, 1.82) is 0 Å². The number of rotatable bonds is 6. The van der Waals surface area contributed by atoms with Gasteiger partial charge in [-0.05, 0) is 43.5 Å². The number of carbonyl (C=O) groups excluding carboxylic acids is 1. The van der Waals surface area contributed by atoms with E-state index < -0.39 is 0 Å². The fraction of sp³-hybridized carbons (Fsp3) is 0.318. The van der Waals surface area contributed by atoms with E-state index in [0.717, 1.165) is 18.5 Å². The molecule has 1 aliphatic rings. The monoisotopic (exact) mass is 425 g/mol. The van der Waals surface area contributed by atoms with Crippen molar-refractivity contribution >= 4 is 23.4 Å². The predicted octanol–water partition coefficient (Wildman–Crippen LogP) is 4.21. The zero-order valence-corrected chi connectivity index (χ0v) is 17.9. The van der Waals surface area contributed by atoms with E-state index in [1.165, 1.54) is 17.3 Å². The van der Waals surface area contributed by atoms with Gasteiger partial charge >= 0.3 is 0 Å². The van der Waals surface area contributed by atoms with Crippen molar-refractivity contribution in [3.8, 4) is 23.0 Å². The molecule has 30 heavy (non-hydrogen) atoms. The molecule has 1 aromatic heterocycles. The van der Waals surface area contributed by atoms with Gasteiger partial charge in [0, 0.05) is 23.4 Å². The van der Waals surface area contributed by atoms with Gasteiger partial charge in [-0.25, -0.2) is 0 Å². The number of anilines is 1. The minimum Gasteiger partial charge on any atom is -0.497 e. The second-order valence-electron chi connectivity index (χ2n) is 7.04. The van der Waals surface area contributed by atoms with Crippen LogP contribution in [0.1, 0.15) is 18.9 Å². The molecule has 4 rings (SSSR count). The summed E-state index contributed by atoms with van der Waals surface area (Å²) < 4.78 is 16.3. The van der Waals surface area contributed by atoms with Gasteiger partial charge in [0.05, 0.1) is 20.0 Å². The highest BCUT2D eigenvalue weighted by atomic mass is 32.2. The van der Waals surface area contributed by atoms with Crippen LogP contribution in [0.4, 0.5) is 5.69 Å². The van der Waals surface area contributed by atoms with Crippen molar-refractivity contribution in [2.24, 2.45) is 0 Å².